The number of nitrogens with zero attached hydrogens (tertiary/aromatic N) is 6. The van der Waals surface area contributed by atoms with Gasteiger partial charge >= 0.3 is 6.01 Å². The van der Waals surface area contributed by atoms with Crippen molar-refractivity contribution in [3.8, 4) is 11.8 Å². The van der Waals surface area contributed by atoms with Gasteiger partial charge in [0, 0.05) is 62.7 Å². The largest absolute Gasteiger partial charge is 0.508 e. The summed E-state index contributed by atoms with van der Waals surface area (Å²) in [6, 6.07) is 9.55. The van der Waals surface area contributed by atoms with Crippen LogP contribution in [0.25, 0.3) is 10.8 Å². The number of amides is 1. The van der Waals surface area contributed by atoms with E-state index in [0.29, 0.717) is 57.2 Å². The van der Waals surface area contributed by atoms with Crippen molar-refractivity contribution in [3.05, 3.63) is 59.3 Å². The predicted molar refractivity (Wildman–Crippen MR) is 170 cm³/mol. The molecule has 1 N–H and O–H groups in total. The molecule has 0 radical (unpaired) electrons. The van der Waals surface area contributed by atoms with Crippen molar-refractivity contribution >= 4 is 39.8 Å². The van der Waals surface area contributed by atoms with Crippen molar-refractivity contribution in [2.75, 3.05) is 56.2 Å². The van der Waals surface area contributed by atoms with Gasteiger partial charge < -0.3 is 24.5 Å². The molecule has 9 nitrogen and oxygen atoms in total. The summed E-state index contributed by atoms with van der Waals surface area (Å²) in [7, 11) is 2.02. The van der Waals surface area contributed by atoms with Crippen molar-refractivity contribution in [1.82, 2.24) is 19.8 Å². The molecule has 0 bridgehead atoms. The SMILES string of the molecule is C=CC(=O)N1CC[C@@H](N(C)c2nc(OCC34CCCN3C[C@H](F)C4)nc3c2CCN(c2cc(O)cc4cccc(Cl)c24)C3)C1. The number of rotatable bonds is 7. The number of hydrogen-bond acceptors (Lipinski definition) is 8. The number of phenolic OH excluding ortho intramolecular Hbond substituents is 1. The minimum atomic E-state index is -0.842. The van der Waals surface area contributed by atoms with Crippen LogP contribution in [0.2, 0.25) is 5.02 Å². The second-order valence-electron chi connectivity index (χ2n) is 12.6. The van der Waals surface area contributed by atoms with Gasteiger partial charge in [0.25, 0.3) is 0 Å². The number of hydrogen-bond donors (Lipinski definition) is 1. The highest BCUT2D eigenvalue weighted by atomic mass is 35.5. The Morgan fingerprint density at radius 1 is 1.27 bits per heavy atom. The van der Waals surface area contributed by atoms with Gasteiger partial charge in [-0.25, -0.2) is 4.39 Å². The lowest BCUT2D eigenvalue weighted by Crippen LogP contribution is -2.44. The van der Waals surface area contributed by atoms with Gasteiger partial charge in [0.05, 0.1) is 28.5 Å². The lowest BCUT2D eigenvalue weighted by molar-refractivity contribution is -0.125. The van der Waals surface area contributed by atoms with Crippen LogP contribution in [0.15, 0.2) is 43.0 Å². The van der Waals surface area contributed by atoms with E-state index in [4.69, 9.17) is 26.3 Å². The standard InChI is InChI=1S/C33H38ClFN6O3/c1-3-29(43)40-12-8-23(18-40)38(2)31-25-9-13-39(28-15-24(42)14-21-6-4-7-26(34)30(21)28)19-27(25)36-32(37-31)44-20-33-10-5-11-41(33)17-22(35)16-33/h3-4,6-7,14-15,22-23,42H,1,5,8-13,16-20H2,2H3/t22-,23-,33?/m1/s1. The van der Waals surface area contributed by atoms with Crippen molar-refractivity contribution in [2.24, 2.45) is 0 Å². The number of carbonyl (C=O) groups excluding carboxylic acids is 1. The first-order valence-corrected chi connectivity index (χ1v) is 15.8. The Hall–Kier alpha value is -3.63. The van der Waals surface area contributed by atoms with Crippen LogP contribution >= 0.6 is 11.6 Å². The molecule has 0 spiro atoms. The van der Waals surface area contributed by atoms with Crippen LogP contribution in [0.3, 0.4) is 0 Å². The Morgan fingerprint density at radius 3 is 2.98 bits per heavy atom. The van der Waals surface area contributed by atoms with Crippen molar-refractivity contribution < 1.29 is 19.0 Å². The van der Waals surface area contributed by atoms with Crippen LogP contribution in [0, 0.1) is 0 Å². The van der Waals surface area contributed by atoms with E-state index in [2.05, 4.69) is 21.3 Å². The normalized spacial score (nSPS) is 24.9. The molecule has 2 aromatic carbocycles. The Labute approximate surface area is 261 Å². The Balaban J connectivity index is 1.23. The van der Waals surface area contributed by atoms with E-state index < -0.39 is 6.17 Å². The highest BCUT2D eigenvalue weighted by Gasteiger charge is 2.49. The van der Waals surface area contributed by atoms with Gasteiger partial charge in [-0.05, 0) is 55.8 Å². The van der Waals surface area contributed by atoms with E-state index in [1.807, 2.05) is 30.1 Å². The molecule has 3 saturated heterocycles. The van der Waals surface area contributed by atoms with Gasteiger partial charge in [0.15, 0.2) is 0 Å². The maximum Gasteiger partial charge on any atom is 0.318 e. The average Bonchev–Trinajstić information content (AvgIpc) is 3.73. The Bertz CT molecular complexity index is 1620. The minimum absolute atomic E-state index is 0.0645. The van der Waals surface area contributed by atoms with E-state index in [1.165, 1.54) is 6.08 Å². The predicted octanol–water partition coefficient (Wildman–Crippen LogP) is 4.73. The summed E-state index contributed by atoms with van der Waals surface area (Å²) in [5.74, 6) is 0.915. The number of carbonyl (C=O) groups is 1. The van der Waals surface area contributed by atoms with Gasteiger partial charge in [0.2, 0.25) is 5.91 Å². The van der Waals surface area contributed by atoms with Gasteiger partial charge in [-0.3, -0.25) is 9.69 Å². The van der Waals surface area contributed by atoms with Crippen molar-refractivity contribution in [3.63, 3.8) is 0 Å². The zero-order valence-corrected chi connectivity index (χ0v) is 25.8. The zero-order valence-electron chi connectivity index (χ0n) is 25.0. The number of ether oxygens (including phenoxy) is 1. The maximum absolute atomic E-state index is 14.5. The number of anilines is 2. The summed E-state index contributed by atoms with van der Waals surface area (Å²) in [5, 5.41) is 12.9. The number of likely N-dealkylation sites (N-methyl/N-ethyl adjacent to an activating group) is 1. The lowest BCUT2D eigenvalue weighted by atomic mass is 9.95. The van der Waals surface area contributed by atoms with Gasteiger partial charge in [-0.15, -0.1) is 0 Å². The Kier molecular flexibility index (Phi) is 7.53. The van der Waals surface area contributed by atoms with E-state index in [-0.39, 0.29) is 29.2 Å². The third-order valence-corrected chi connectivity index (χ3v) is 10.3. The molecule has 3 fully saturated rings. The zero-order chi connectivity index (χ0) is 30.6. The number of alkyl halides is 1. The maximum atomic E-state index is 14.5. The first-order chi connectivity index (χ1) is 21.2. The first kappa shape index (κ1) is 29.1. The molecule has 3 aromatic rings. The van der Waals surface area contributed by atoms with E-state index >= 15 is 0 Å². The number of fused-ring (bicyclic) bond motifs is 3. The van der Waals surface area contributed by atoms with E-state index in [1.54, 1.807) is 12.1 Å². The fourth-order valence-electron chi connectivity index (χ4n) is 7.75. The summed E-state index contributed by atoms with van der Waals surface area (Å²) in [4.78, 5) is 30.6. The van der Waals surface area contributed by atoms with Crippen molar-refractivity contribution in [2.45, 2.75) is 56.4 Å². The number of aromatic hydroxyl groups is 1. The fourth-order valence-corrected chi connectivity index (χ4v) is 8.03. The van der Waals surface area contributed by atoms with Crippen LogP contribution < -0.4 is 14.5 Å². The third-order valence-electron chi connectivity index (χ3n) is 10.0. The molecular formula is C33H38ClFN6O3. The number of phenols is 1. The quantitative estimate of drug-likeness (QED) is 0.380. The molecular weight excluding hydrogens is 583 g/mol. The summed E-state index contributed by atoms with van der Waals surface area (Å²) in [6.45, 7) is 7.76. The molecule has 4 aliphatic heterocycles. The highest BCUT2D eigenvalue weighted by molar-refractivity contribution is 6.36. The average molecular weight is 621 g/mol. The lowest BCUT2D eigenvalue weighted by Gasteiger charge is -2.35. The number of benzene rings is 2. The van der Waals surface area contributed by atoms with Crippen LogP contribution in [0.5, 0.6) is 11.8 Å². The summed E-state index contributed by atoms with van der Waals surface area (Å²) >= 11 is 6.68. The van der Waals surface area contributed by atoms with Crippen LogP contribution in [-0.4, -0.2) is 94.9 Å². The molecule has 7 rings (SSSR count). The molecule has 0 aliphatic carbocycles. The molecule has 232 valence electrons. The summed E-state index contributed by atoms with van der Waals surface area (Å²) in [5.41, 5.74) is 2.43. The first-order valence-electron chi connectivity index (χ1n) is 15.5. The van der Waals surface area contributed by atoms with Crippen LogP contribution in [0.1, 0.15) is 36.9 Å². The molecule has 3 atom stereocenters. The second-order valence-corrected chi connectivity index (χ2v) is 13.0. The molecule has 1 amide bonds. The second kappa shape index (κ2) is 11.4. The monoisotopic (exact) mass is 620 g/mol. The van der Waals surface area contributed by atoms with Crippen LogP contribution in [-0.2, 0) is 17.8 Å². The topological polar surface area (TPSA) is 85.3 Å². The molecule has 1 unspecified atom stereocenters. The molecule has 4 aliphatic rings. The van der Waals surface area contributed by atoms with E-state index in [9.17, 15) is 14.3 Å². The number of aromatic nitrogens is 2. The fraction of sp³-hybridized carbons (Fsp3) is 0.485. The van der Waals surface area contributed by atoms with Crippen molar-refractivity contribution in [1.29, 1.82) is 0 Å². The smallest absolute Gasteiger partial charge is 0.318 e. The summed E-state index contributed by atoms with van der Waals surface area (Å²) in [6.07, 6.45) is 4.43. The molecule has 5 heterocycles. The number of halogens is 2. The van der Waals surface area contributed by atoms with Gasteiger partial charge in [-0.2, -0.15) is 9.97 Å². The highest BCUT2D eigenvalue weighted by Crippen LogP contribution is 2.42. The Morgan fingerprint density at radius 2 is 2.14 bits per heavy atom. The molecule has 1 aromatic heterocycles. The van der Waals surface area contributed by atoms with Gasteiger partial charge in [-0.1, -0.05) is 30.3 Å². The number of likely N-dealkylation sites (tertiary alicyclic amines) is 1. The molecule has 44 heavy (non-hydrogen) atoms. The third kappa shape index (κ3) is 5.11. The van der Waals surface area contributed by atoms with Gasteiger partial charge in [0.1, 0.15) is 24.3 Å². The molecule has 0 saturated carbocycles. The molecule has 11 heteroatoms. The minimum Gasteiger partial charge on any atom is -0.508 e. The summed E-state index contributed by atoms with van der Waals surface area (Å²) < 4.78 is 20.8. The van der Waals surface area contributed by atoms with Crippen LogP contribution in [0.4, 0.5) is 15.9 Å². The van der Waals surface area contributed by atoms with E-state index in [0.717, 1.165) is 59.3 Å².